The predicted molar refractivity (Wildman–Crippen MR) is 52.8 cm³/mol. The van der Waals surface area contributed by atoms with Crippen LogP contribution in [0.4, 0.5) is 0 Å². The van der Waals surface area contributed by atoms with Gasteiger partial charge in [0.25, 0.3) is 0 Å². The molecule has 0 aromatic heterocycles. The minimum atomic E-state index is -0.0578. The average molecular weight is 170 g/mol. The van der Waals surface area contributed by atoms with Crippen molar-refractivity contribution in [2.75, 3.05) is 0 Å². The maximum atomic E-state index is 6.24. The molecule has 0 radical (unpaired) electrons. The van der Waals surface area contributed by atoms with Crippen molar-refractivity contribution < 1.29 is 0 Å². The van der Waals surface area contributed by atoms with Gasteiger partial charge in [0.05, 0.1) is 0 Å². The topological polar surface area (TPSA) is 52.0 Å². The van der Waals surface area contributed by atoms with Crippen LogP contribution >= 0.6 is 0 Å². The van der Waals surface area contributed by atoms with Gasteiger partial charge in [0, 0.05) is 11.1 Å². The molecule has 1 unspecified atom stereocenters. The molecule has 1 rings (SSSR count). The van der Waals surface area contributed by atoms with E-state index in [1.165, 1.54) is 0 Å². The highest BCUT2D eigenvalue weighted by molar-refractivity contribution is 5.29. The fraction of sp³-hybridized carbons (Fsp3) is 1.00. The number of hydrogen-bond donors (Lipinski definition) is 2. The first-order valence-corrected chi connectivity index (χ1v) is 5.10. The fourth-order valence-corrected chi connectivity index (χ4v) is 2.60. The van der Waals surface area contributed by atoms with Crippen molar-refractivity contribution in [1.82, 2.24) is 0 Å². The lowest BCUT2D eigenvalue weighted by molar-refractivity contribution is 0.462. The summed E-state index contributed by atoms with van der Waals surface area (Å²) >= 11 is 0. The first-order valence-electron chi connectivity index (χ1n) is 5.10. The highest BCUT2D eigenvalue weighted by Crippen LogP contribution is 2.55. The second-order valence-corrected chi connectivity index (χ2v) is 4.30. The Hall–Kier alpha value is -0.0800. The van der Waals surface area contributed by atoms with Gasteiger partial charge in [-0.1, -0.05) is 33.6 Å². The summed E-state index contributed by atoms with van der Waals surface area (Å²) in [7, 11) is 0. The van der Waals surface area contributed by atoms with Gasteiger partial charge in [0.2, 0.25) is 0 Å². The van der Waals surface area contributed by atoms with Crippen LogP contribution in [-0.4, -0.2) is 11.1 Å². The quantitative estimate of drug-likeness (QED) is 0.673. The van der Waals surface area contributed by atoms with E-state index >= 15 is 0 Å². The molecule has 0 amide bonds. The van der Waals surface area contributed by atoms with Gasteiger partial charge in [-0.2, -0.15) is 0 Å². The van der Waals surface area contributed by atoms with Crippen molar-refractivity contribution >= 4 is 0 Å². The number of hydrogen-bond acceptors (Lipinski definition) is 2. The maximum Gasteiger partial charge on any atom is 0.0384 e. The Balaban J connectivity index is 2.60. The first-order chi connectivity index (χ1) is 5.53. The SMILES string of the molecule is CCC[C@@]1(N)C(C)[C@@]1(N)CCC. The van der Waals surface area contributed by atoms with Crippen molar-refractivity contribution in [3.05, 3.63) is 0 Å². The lowest BCUT2D eigenvalue weighted by atomic mass is 10.0. The van der Waals surface area contributed by atoms with Gasteiger partial charge in [0.1, 0.15) is 0 Å². The lowest BCUT2D eigenvalue weighted by Gasteiger charge is -2.16. The van der Waals surface area contributed by atoms with Gasteiger partial charge in [-0.15, -0.1) is 0 Å². The second kappa shape index (κ2) is 3.00. The van der Waals surface area contributed by atoms with Gasteiger partial charge in [-0.25, -0.2) is 0 Å². The summed E-state index contributed by atoms with van der Waals surface area (Å²) in [4.78, 5) is 0. The Kier molecular flexibility index (Phi) is 2.50. The summed E-state index contributed by atoms with van der Waals surface area (Å²) in [5.41, 5.74) is 12.4. The Morgan fingerprint density at radius 3 is 1.58 bits per heavy atom. The average Bonchev–Trinajstić information content (AvgIpc) is 2.39. The van der Waals surface area contributed by atoms with Gasteiger partial charge < -0.3 is 11.5 Å². The summed E-state index contributed by atoms with van der Waals surface area (Å²) in [5.74, 6) is 0.505. The molecule has 0 heterocycles. The maximum absolute atomic E-state index is 6.24. The zero-order valence-corrected chi connectivity index (χ0v) is 8.56. The van der Waals surface area contributed by atoms with Crippen LogP contribution in [0, 0.1) is 5.92 Å². The summed E-state index contributed by atoms with van der Waals surface area (Å²) in [6, 6.07) is 0. The van der Waals surface area contributed by atoms with Crippen molar-refractivity contribution in [3.8, 4) is 0 Å². The van der Waals surface area contributed by atoms with E-state index in [1.807, 2.05) is 0 Å². The summed E-state index contributed by atoms with van der Waals surface area (Å²) in [6.07, 6.45) is 4.43. The number of nitrogens with two attached hydrogens (primary N) is 2. The van der Waals surface area contributed by atoms with Crippen molar-refractivity contribution in [1.29, 1.82) is 0 Å². The van der Waals surface area contributed by atoms with Crippen LogP contribution in [0.2, 0.25) is 0 Å². The monoisotopic (exact) mass is 170 g/mol. The molecule has 0 aromatic rings. The molecule has 4 N–H and O–H groups in total. The van der Waals surface area contributed by atoms with E-state index < -0.39 is 0 Å². The largest absolute Gasteiger partial charge is 0.323 e. The van der Waals surface area contributed by atoms with Gasteiger partial charge in [-0.3, -0.25) is 0 Å². The highest BCUT2D eigenvalue weighted by Gasteiger charge is 2.68. The first kappa shape index (κ1) is 10.0. The standard InChI is InChI=1S/C10H22N2/c1-4-6-9(11)8(3)10(9,12)7-5-2/h8H,4-7,11-12H2,1-3H3/t8?,9-,10+. The van der Waals surface area contributed by atoms with Crippen LogP contribution < -0.4 is 11.5 Å². The third-order valence-electron chi connectivity index (χ3n) is 3.66. The Morgan fingerprint density at radius 1 is 1.00 bits per heavy atom. The molecule has 0 spiro atoms. The Bertz CT molecular complexity index is 151. The fourth-order valence-electron chi connectivity index (χ4n) is 2.60. The molecule has 0 saturated heterocycles. The molecule has 1 aliphatic rings. The summed E-state index contributed by atoms with van der Waals surface area (Å²) in [6.45, 7) is 6.53. The molecule has 2 heteroatoms. The van der Waals surface area contributed by atoms with Crippen molar-refractivity contribution in [2.24, 2.45) is 17.4 Å². The van der Waals surface area contributed by atoms with Gasteiger partial charge >= 0.3 is 0 Å². The van der Waals surface area contributed by atoms with Crippen LogP contribution in [0.15, 0.2) is 0 Å². The molecule has 1 fully saturated rings. The van der Waals surface area contributed by atoms with E-state index in [2.05, 4.69) is 20.8 Å². The van der Waals surface area contributed by atoms with Crippen molar-refractivity contribution in [3.63, 3.8) is 0 Å². The molecule has 3 atom stereocenters. The highest BCUT2D eigenvalue weighted by atomic mass is 15.1. The molecule has 12 heavy (non-hydrogen) atoms. The predicted octanol–water partition coefficient (Wildman–Crippen LogP) is 1.63. The molecular weight excluding hydrogens is 148 g/mol. The van der Waals surface area contributed by atoms with E-state index in [4.69, 9.17) is 11.5 Å². The number of rotatable bonds is 4. The lowest BCUT2D eigenvalue weighted by Crippen LogP contribution is -2.40. The second-order valence-electron chi connectivity index (χ2n) is 4.30. The normalized spacial score (nSPS) is 46.2. The van der Waals surface area contributed by atoms with Crippen LogP contribution in [0.1, 0.15) is 46.5 Å². The van der Waals surface area contributed by atoms with Gasteiger partial charge in [0.15, 0.2) is 0 Å². The Morgan fingerprint density at radius 2 is 1.33 bits per heavy atom. The minimum Gasteiger partial charge on any atom is -0.323 e. The zero-order chi connectivity index (χ0) is 9.41. The molecular formula is C10H22N2. The Labute approximate surface area is 75.7 Å². The third-order valence-corrected chi connectivity index (χ3v) is 3.66. The van der Waals surface area contributed by atoms with Crippen LogP contribution in [0.3, 0.4) is 0 Å². The van der Waals surface area contributed by atoms with Gasteiger partial charge in [-0.05, 0) is 18.8 Å². The van der Waals surface area contributed by atoms with E-state index in [0.29, 0.717) is 5.92 Å². The molecule has 1 saturated carbocycles. The van der Waals surface area contributed by atoms with E-state index in [-0.39, 0.29) is 11.1 Å². The molecule has 72 valence electrons. The zero-order valence-electron chi connectivity index (χ0n) is 8.56. The molecule has 0 bridgehead atoms. The third kappa shape index (κ3) is 1.09. The van der Waals surface area contributed by atoms with E-state index in [1.54, 1.807) is 0 Å². The van der Waals surface area contributed by atoms with Crippen molar-refractivity contribution in [2.45, 2.75) is 57.5 Å². The smallest absolute Gasteiger partial charge is 0.0384 e. The minimum absolute atomic E-state index is 0.0578. The van der Waals surface area contributed by atoms with E-state index in [0.717, 1.165) is 25.7 Å². The molecule has 0 aromatic carbocycles. The van der Waals surface area contributed by atoms with Crippen LogP contribution in [-0.2, 0) is 0 Å². The van der Waals surface area contributed by atoms with E-state index in [9.17, 15) is 0 Å². The van der Waals surface area contributed by atoms with Crippen LogP contribution in [0.5, 0.6) is 0 Å². The molecule has 2 nitrogen and oxygen atoms in total. The molecule has 1 aliphatic carbocycles. The summed E-state index contributed by atoms with van der Waals surface area (Å²) in [5, 5.41) is 0. The summed E-state index contributed by atoms with van der Waals surface area (Å²) < 4.78 is 0. The molecule has 0 aliphatic heterocycles. The van der Waals surface area contributed by atoms with Crippen LogP contribution in [0.25, 0.3) is 0 Å².